The second-order valence-corrected chi connectivity index (χ2v) is 12.6. The minimum absolute atomic E-state index is 0.00320. The van der Waals surface area contributed by atoms with Crippen LogP contribution >= 0.6 is 0 Å². The molecule has 0 saturated carbocycles. The third-order valence-electron chi connectivity index (χ3n) is 8.72. The topological polar surface area (TPSA) is 131 Å². The van der Waals surface area contributed by atoms with Gasteiger partial charge in [-0.25, -0.2) is 0 Å². The standard InChI is InChI=1S/C42H45N3O5/c1-29(43-27-39(48)36-19-20-38(47)37(24-36)28-46)21-32-9-8-10-33(22-32)23-40(49)44-25-30-15-17-31(18-16-30)26-45-42(50)41(34-11-4-2-5-12-34)35-13-6-3-7-14-35/h2-20,22,24,29,39,41,43,46-48H,21,23,25-28H2,1H3,(H,44,49)(H,45,50)/t29-,39-/m1/s1. The van der Waals surface area contributed by atoms with Crippen molar-refractivity contribution >= 4 is 11.8 Å². The van der Waals surface area contributed by atoms with Crippen LogP contribution in [0.3, 0.4) is 0 Å². The number of hydrogen-bond acceptors (Lipinski definition) is 6. The lowest BCUT2D eigenvalue weighted by atomic mass is 9.90. The lowest BCUT2D eigenvalue weighted by Crippen LogP contribution is -2.32. The summed E-state index contributed by atoms with van der Waals surface area (Å²) in [5, 5.41) is 39.2. The highest BCUT2D eigenvalue weighted by Gasteiger charge is 2.22. The molecule has 0 heterocycles. The molecule has 8 nitrogen and oxygen atoms in total. The molecule has 6 N–H and O–H groups in total. The minimum atomic E-state index is -0.784. The maximum absolute atomic E-state index is 13.3. The predicted octanol–water partition coefficient (Wildman–Crippen LogP) is 5.45. The van der Waals surface area contributed by atoms with Crippen LogP contribution < -0.4 is 16.0 Å². The number of amides is 2. The summed E-state index contributed by atoms with van der Waals surface area (Å²) in [4.78, 5) is 26.1. The first-order chi connectivity index (χ1) is 24.3. The Morgan fingerprint density at radius 3 is 1.88 bits per heavy atom. The Kier molecular flexibility index (Phi) is 12.9. The molecule has 50 heavy (non-hydrogen) atoms. The molecule has 0 spiro atoms. The number of carbonyl (C=O) groups excluding carboxylic acids is 2. The van der Waals surface area contributed by atoms with Gasteiger partial charge in [-0.15, -0.1) is 0 Å². The quantitative estimate of drug-likeness (QED) is 0.0828. The normalized spacial score (nSPS) is 12.3. The van der Waals surface area contributed by atoms with Gasteiger partial charge in [-0.2, -0.15) is 0 Å². The molecule has 2 atom stereocenters. The van der Waals surface area contributed by atoms with Crippen molar-refractivity contribution in [3.63, 3.8) is 0 Å². The van der Waals surface area contributed by atoms with E-state index in [4.69, 9.17) is 0 Å². The summed E-state index contributed by atoms with van der Waals surface area (Å²) in [6.45, 7) is 2.85. The fourth-order valence-corrected chi connectivity index (χ4v) is 5.96. The SMILES string of the molecule is C[C@H](Cc1cccc(CC(=O)NCc2ccc(CNC(=O)C(c3ccccc3)c3ccccc3)cc2)c1)NC[C@@H](O)c1ccc(O)c(CO)c1. The summed E-state index contributed by atoms with van der Waals surface area (Å²) in [5.74, 6) is -0.525. The van der Waals surface area contributed by atoms with Crippen molar-refractivity contribution in [2.75, 3.05) is 6.54 Å². The van der Waals surface area contributed by atoms with Crippen molar-refractivity contribution in [1.29, 1.82) is 0 Å². The van der Waals surface area contributed by atoms with Crippen LogP contribution in [-0.2, 0) is 42.1 Å². The van der Waals surface area contributed by atoms with Gasteiger partial charge in [0.2, 0.25) is 11.8 Å². The molecule has 8 heteroatoms. The summed E-state index contributed by atoms with van der Waals surface area (Å²) in [5.41, 5.74) is 6.83. The molecule has 0 aliphatic heterocycles. The average Bonchev–Trinajstić information content (AvgIpc) is 3.14. The van der Waals surface area contributed by atoms with Gasteiger partial charge in [-0.05, 0) is 64.4 Å². The largest absolute Gasteiger partial charge is 0.508 e. The maximum atomic E-state index is 13.3. The zero-order chi connectivity index (χ0) is 35.3. The van der Waals surface area contributed by atoms with Crippen molar-refractivity contribution in [2.45, 2.75) is 57.5 Å². The summed E-state index contributed by atoms with van der Waals surface area (Å²) < 4.78 is 0. The van der Waals surface area contributed by atoms with Gasteiger partial charge < -0.3 is 31.3 Å². The first-order valence-electron chi connectivity index (χ1n) is 16.9. The van der Waals surface area contributed by atoms with Gasteiger partial charge in [0.1, 0.15) is 5.75 Å². The van der Waals surface area contributed by atoms with E-state index < -0.39 is 12.0 Å². The average molecular weight is 672 g/mol. The van der Waals surface area contributed by atoms with Gasteiger partial charge in [0, 0.05) is 31.2 Å². The first kappa shape index (κ1) is 36.0. The monoisotopic (exact) mass is 671 g/mol. The number of phenols is 1. The van der Waals surface area contributed by atoms with E-state index in [0.717, 1.165) is 33.4 Å². The van der Waals surface area contributed by atoms with Crippen LogP contribution in [0.4, 0.5) is 0 Å². The van der Waals surface area contributed by atoms with Crippen LogP contribution in [0.5, 0.6) is 5.75 Å². The first-order valence-corrected chi connectivity index (χ1v) is 16.9. The van der Waals surface area contributed by atoms with Gasteiger partial charge in [-0.3, -0.25) is 9.59 Å². The highest BCUT2D eigenvalue weighted by atomic mass is 16.3. The van der Waals surface area contributed by atoms with Crippen molar-refractivity contribution in [2.24, 2.45) is 0 Å². The Morgan fingerprint density at radius 2 is 1.26 bits per heavy atom. The van der Waals surface area contributed by atoms with Crippen LogP contribution in [0.1, 0.15) is 63.5 Å². The van der Waals surface area contributed by atoms with Crippen molar-refractivity contribution in [3.05, 3.63) is 172 Å². The fraction of sp³-hybridized carbons (Fsp3) is 0.238. The molecule has 5 aromatic carbocycles. The summed E-state index contributed by atoms with van der Waals surface area (Å²) in [6, 6.07) is 40.2. The van der Waals surface area contributed by atoms with E-state index in [1.165, 1.54) is 6.07 Å². The molecule has 0 aliphatic rings. The minimum Gasteiger partial charge on any atom is -0.508 e. The lowest BCUT2D eigenvalue weighted by Gasteiger charge is -2.18. The molecular formula is C42H45N3O5. The third-order valence-corrected chi connectivity index (χ3v) is 8.72. The number of benzene rings is 5. The van der Waals surface area contributed by atoms with E-state index in [1.807, 2.05) is 116 Å². The van der Waals surface area contributed by atoms with E-state index in [0.29, 0.717) is 37.2 Å². The molecule has 0 radical (unpaired) electrons. The maximum Gasteiger partial charge on any atom is 0.232 e. The molecule has 0 unspecified atom stereocenters. The third kappa shape index (κ3) is 10.4. The van der Waals surface area contributed by atoms with Gasteiger partial charge in [0.25, 0.3) is 0 Å². The Bertz CT molecular complexity index is 1790. The van der Waals surface area contributed by atoms with Gasteiger partial charge >= 0.3 is 0 Å². The molecule has 0 bridgehead atoms. The van der Waals surface area contributed by atoms with Gasteiger partial charge in [-0.1, -0.05) is 115 Å². The number of aliphatic hydroxyl groups is 2. The highest BCUT2D eigenvalue weighted by Crippen LogP contribution is 2.25. The van der Waals surface area contributed by atoms with Crippen molar-refractivity contribution in [1.82, 2.24) is 16.0 Å². The van der Waals surface area contributed by atoms with E-state index >= 15 is 0 Å². The van der Waals surface area contributed by atoms with E-state index in [9.17, 15) is 24.9 Å². The van der Waals surface area contributed by atoms with Crippen LogP contribution in [0, 0.1) is 0 Å². The highest BCUT2D eigenvalue weighted by molar-refractivity contribution is 5.87. The van der Waals surface area contributed by atoms with Crippen molar-refractivity contribution in [3.8, 4) is 5.75 Å². The summed E-state index contributed by atoms with van der Waals surface area (Å²) in [6.07, 6.45) is 0.190. The molecule has 0 aliphatic carbocycles. The zero-order valence-corrected chi connectivity index (χ0v) is 28.3. The number of hydrogen-bond donors (Lipinski definition) is 6. The molecule has 2 amide bonds. The number of rotatable bonds is 16. The smallest absolute Gasteiger partial charge is 0.232 e. The Morgan fingerprint density at radius 1 is 0.660 bits per heavy atom. The fourth-order valence-electron chi connectivity index (χ4n) is 5.96. The Hall–Kier alpha value is -5.28. The van der Waals surface area contributed by atoms with Crippen molar-refractivity contribution < 1.29 is 24.9 Å². The number of nitrogens with one attached hydrogen (secondary N) is 3. The van der Waals surface area contributed by atoms with E-state index in [1.54, 1.807) is 12.1 Å². The molecule has 5 aromatic rings. The molecule has 258 valence electrons. The molecule has 5 rings (SSSR count). The molecule has 0 saturated heterocycles. The number of aliphatic hydroxyl groups excluding tert-OH is 2. The lowest BCUT2D eigenvalue weighted by molar-refractivity contribution is -0.122. The van der Waals surface area contributed by atoms with Gasteiger partial charge in [0.15, 0.2) is 0 Å². The molecule has 0 fully saturated rings. The molecule has 0 aromatic heterocycles. The van der Waals surface area contributed by atoms with Crippen LogP contribution in [0.15, 0.2) is 127 Å². The van der Waals surface area contributed by atoms with Crippen LogP contribution in [-0.4, -0.2) is 39.7 Å². The second kappa shape index (κ2) is 17.9. The Labute approximate surface area is 293 Å². The van der Waals surface area contributed by atoms with E-state index in [2.05, 4.69) is 16.0 Å². The number of carbonyl (C=O) groups is 2. The number of aromatic hydroxyl groups is 1. The van der Waals surface area contributed by atoms with E-state index in [-0.39, 0.29) is 36.6 Å². The second-order valence-electron chi connectivity index (χ2n) is 12.6. The Balaban J connectivity index is 1.06. The summed E-state index contributed by atoms with van der Waals surface area (Å²) >= 11 is 0. The molecular weight excluding hydrogens is 626 g/mol. The van der Waals surface area contributed by atoms with Crippen LogP contribution in [0.25, 0.3) is 0 Å². The van der Waals surface area contributed by atoms with Gasteiger partial charge in [0.05, 0.1) is 25.0 Å². The van der Waals surface area contributed by atoms with Crippen LogP contribution in [0.2, 0.25) is 0 Å². The summed E-state index contributed by atoms with van der Waals surface area (Å²) in [7, 11) is 0. The zero-order valence-electron chi connectivity index (χ0n) is 28.3. The predicted molar refractivity (Wildman–Crippen MR) is 195 cm³/mol.